The van der Waals surface area contributed by atoms with Gasteiger partial charge in [-0.1, -0.05) is 18.7 Å². The van der Waals surface area contributed by atoms with Crippen LogP contribution in [0.5, 0.6) is 5.75 Å². The second-order valence-electron chi connectivity index (χ2n) is 6.78. The molecule has 0 radical (unpaired) electrons. The Morgan fingerprint density at radius 3 is 2.60 bits per heavy atom. The van der Waals surface area contributed by atoms with Crippen molar-refractivity contribution in [2.75, 3.05) is 13.2 Å². The molecule has 7 heteroatoms. The lowest BCUT2D eigenvalue weighted by molar-refractivity contribution is -0.144. The van der Waals surface area contributed by atoms with Gasteiger partial charge in [-0.2, -0.15) is 0 Å². The van der Waals surface area contributed by atoms with Gasteiger partial charge in [-0.25, -0.2) is 9.59 Å². The van der Waals surface area contributed by atoms with Crippen LogP contribution in [-0.2, 0) is 9.53 Å². The van der Waals surface area contributed by atoms with Crippen LogP contribution in [-0.4, -0.2) is 45.9 Å². The summed E-state index contributed by atoms with van der Waals surface area (Å²) < 4.78 is 10.7. The number of β-amino-alcohol motifs (C(OH)–C–C–N with tert-alkyl or cyclic N) is 1. The standard InChI is InChI=1S/C18H23NO6/c1-5-8-24-11-6-7-12-13(9-11)14(20)10-19(15(12)16(21)22)17(23)25-18(2,3)4/h5-7,9,14-15,20H,1,8,10H2,2-4H3,(H,21,22). The third-order valence-corrected chi connectivity index (χ3v) is 3.62. The number of carbonyl (C=O) groups is 2. The SMILES string of the molecule is C=CCOc1ccc2c(c1)C(O)CN(C(=O)OC(C)(C)C)C2C(=O)O. The summed E-state index contributed by atoms with van der Waals surface area (Å²) in [6.45, 7) is 8.76. The van der Waals surface area contributed by atoms with Crippen molar-refractivity contribution < 1.29 is 29.3 Å². The summed E-state index contributed by atoms with van der Waals surface area (Å²) in [6, 6.07) is 3.50. The second-order valence-corrected chi connectivity index (χ2v) is 6.78. The summed E-state index contributed by atoms with van der Waals surface area (Å²) in [5.41, 5.74) is -0.00913. The molecule has 25 heavy (non-hydrogen) atoms. The number of carboxylic acids is 1. The Hall–Kier alpha value is -2.54. The summed E-state index contributed by atoms with van der Waals surface area (Å²) in [7, 11) is 0. The Morgan fingerprint density at radius 2 is 2.04 bits per heavy atom. The maximum atomic E-state index is 12.4. The van der Waals surface area contributed by atoms with E-state index in [0.29, 0.717) is 23.5 Å². The number of hydrogen-bond acceptors (Lipinski definition) is 5. The fraction of sp³-hybridized carbons (Fsp3) is 0.444. The molecule has 1 aliphatic heterocycles. The molecule has 0 spiro atoms. The molecule has 2 N–H and O–H groups in total. The number of aliphatic carboxylic acids is 1. The summed E-state index contributed by atoms with van der Waals surface area (Å²) in [5.74, 6) is -0.702. The average molecular weight is 349 g/mol. The fourth-order valence-corrected chi connectivity index (χ4v) is 2.66. The van der Waals surface area contributed by atoms with Crippen molar-refractivity contribution >= 4 is 12.1 Å². The Balaban J connectivity index is 2.38. The molecule has 0 bridgehead atoms. The first-order chi connectivity index (χ1) is 11.6. The maximum absolute atomic E-state index is 12.4. The summed E-state index contributed by atoms with van der Waals surface area (Å²) in [6.07, 6.45) is -0.234. The lowest BCUT2D eigenvalue weighted by Gasteiger charge is -2.38. The lowest BCUT2D eigenvalue weighted by Crippen LogP contribution is -2.47. The molecule has 0 fully saturated rings. The second kappa shape index (κ2) is 7.14. The molecule has 136 valence electrons. The molecule has 1 aromatic rings. The smallest absolute Gasteiger partial charge is 0.411 e. The Bertz CT molecular complexity index is 679. The monoisotopic (exact) mass is 349 g/mol. The van der Waals surface area contributed by atoms with Gasteiger partial charge in [0.25, 0.3) is 0 Å². The van der Waals surface area contributed by atoms with Gasteiger partial charge in [-0.05, 0) is 44.0 Å². The van der Waals surface area contributed by atoms with E-state index in [4.69, 9.17) is 9.47 Å². The number of fused-ring (bicyclic) bond motifs is 1. The molecule has 7 nitrogen and oxygen atoms in total. The predicted molar refractivity (Wildman–Crippen MR) is 90.4 cm³/mol. The van der Waals surface area contributed by atoms with E-state index >= 15 is 0 Å². The molecule has 0 saturated heterocycles. The quantitative estimate of drug-likeness (QED) is 0.811. The van der Waals surface area contributed by atoms with Crippen molar-refractivity contribution in [3.8, 4) is 5.75 Å². The van der Waals surface area contributed by atoms with Gasteiger partial charge in [0.1, 0.15) is 18.0 Å². The summed E-state index contributed by atoms with van der Waals surface area (Å²) in [4.78, 5) is 25.2. The number of aliphatic hydroxyl groups is 1. The van der Waals surface area contributed by atoms with Crippen LogP contribution in [0.2, 0.25) is 0 Å². The maximum Gasteiger partial charge on any atom is 0.411 e. The van der Waals surface area contributed by atoms with E-state index in [0.717, 1.165) is 4.90 Å². The Morgan fingerprint density at radius 1 is 1.36 bits per heavy atom. The van der Waals surface area contributed by atoms with Crippen LogP contribution in [0.4, 0.5) is 4.79 Å². The first-order valence-corrected chi connectivity index (χ1v) is 7.92. The number of carboxylic acid groups (broad SMARTS) is 1. The molecule has 1 aliphatic rings. The third kappa shape index (κ3) is 4.30. The highest BCUT2D eigenvalue weighted by molar-refractivity contribution is 5.83. The van der Waals surface area contributed by atoms with Crippen LogP contribution < -0.4 is 4.74 Å². The zero-order chi connectivity index (χ0) is 18.8. The zero-order valence-electron chi connectivity index (χ0n) is 14.6. The van der Waals surface area contributed by atoms with E-state index in [2.05, 4.69) is 6.58 Å². The normalized spacial score (nSPS) is 19.8. The van der Waals surface area contributed by atoms with E-state index in [-0.39, 0.29) is 6.54 Å². The number of aliphatic hydroxyl groups excluding tert-OH is 1. The fourth-order valence-electron chi connectivity index (χ4n) is 2.66. The number of rotatable bonds is 4. The van der Waals surface area contributed by atoms with Gasteiger partial charge in [0.15, 0.2) is 6.04 Å². The number of ether oxygens (including phenoxy) is 2. The van der Waals surface area contributed by atoms with E-state index < -0.39 is 29.8 Å². The van der Waals surface area contributed by atoms with E-state index in [9.17, 15) is 19.8 Å². The van der Waals surface area contributed by atoms with Crippen LogP contribution in [0, 0.1) is 0 Å². The molecule has 2 unspecified atom stereocenters. The highest BCUT2D eigenvalue weighted by atomic mass is 16.6. The molecule has 2 rings (SSSR count). The van der Waals surface area contributed by atoms with Crippen molar-refractivity contribution in [3.05, 3.63) is 42.0 Å². The van der Waals surface area contributed by atoms with Crippen molar-refractivity contribution in [3.63, 3.8) is 0 Å². The van der Waals surface area contributed by atoms with E-state index in [1.807, 2.05) is 0 Å². The van der Waals surface area contributed by atoms with Crippen LogP contribution in [0.15, 0.2) is 30.9 Å². The van der Waals surface area contributed by atoms with Crippen molar-refractivity contribution in [2.45, 2.75) is 38.5 Å². The van der Waals surface area contributed by atoms with Gasteiger partial charge in [0.05, 0.1) is 12.6 Å². The van der Waals surface area contributed by atoms with Crippen molar-refractivity contribution in [1.82, 2.24) is 4.90 Å². The molecule has 0 aromatic heterocycles. The summed E-state index contributed by atoms with van der Waals surface area (Å²) >= 11 is 0. The lowest BCUT2D eigenvalue weighted by atomic mass is 9.90. The highest BCUT2D eigenvalue weighted by Crippen LogP contribution is 2.37. The van der Waals surface area contributed by atoms with E-state index in [1.165, 1.54) is 0 Å². The molecular weight excluding hydrogens is 326 g/mol. The largest absolute Gasteiger partial charge is 0.490 e. The molecule has 2 atom stereocenters. The van der Waals surface area contributed by atoms with Gasteiger partial charge in [-0.3, -0.25) is 4.90 Å². The molecule has 0 saturated carbocycles. The molecule has 1 amide bonds. The van der Waals surface area contributed by atoms with Gasteiger partial charge in [0, 0.05) is 0 Å². The van der Waals surface area contributed by atoms with Gasteiger partial charge < -0.3 is 19.7 Å². The molecule has 0 aliphatic carbocycles. The van der Waals surface area contributed by atoms with Crippen LogP contribution in [0.3, 0.4) is 0 Å². The number of carbonyl (C=O) groups excluding carboxylic acids is 1. The first-order valence-electron chi connectivity index (χ1n) is 7.92. The summed E-state index contributed by atoms with van der Waals surface area (Å²) in [5, 5.41) is 20.0. The molecular formula is C18H23NO6. The zero-order valence-corrected chi connectivity index (χ0v) is 14.6. The minimum absolute atomic E-state index is 0.177. The van der Waals surface area contributed by atoms with Crippen LogP contribution >= 0.6 is 0 Å². The number of amides is 1. The van der Waals surface area contributed by atoms with Crippen LogP contribution in [0.25, 0.3) is 0 Å². The van der Waals surface area contributed by atoms with Gasteiger partial charge >= 0.3 is 12.1 Å². The number of hydrogen-bond donors (Lipinski definition) is 2. The molecule has 1 aromatic carbocycles. The highest BCUT2D eigenvalue weighted by Gasteiger charge is 2.41. The topological polar surface area (TPSA) is 96.3 Å². The third-order valence-electron chi connectivity index (χ3n) is 3.62. The first kappa shape index (κ1) is 18.8. The average Bonchev–Trinajstić information content (AvgIpc) is 2.50. The van der Waals surface area contributed by atoms with Crippen molar-refractivity contribution in [1.29, 1.82) is 0 Å². The minimum atomic E-state index is -1.23. The van der Waals surface area contributed by atoms with Crippen molar-refractivity contribution in [2.24, 2.45) is 0 Å². The predicted octanol–water partition coefficient (Wildman–Crippen LogP) is 2.66. The minimum Gasteiger partial charge on any atom is -0.490 e. The van der Waals surface area contributed by atoms with Crippen LogP contribution in [0.1, 0.15) is 44.0 Å². The van der Waals surface area contributed by atoms with E-state index in [1.54, 1.807) is 45.0 Å². The van der Waals surface area contributed by atoms with Gasteiger partial charge in [0.2, 0.25) is 0 Å². The Labute approximate surface area is 146 Å². The molecule has 1 heterocycles. The Kier molecular flexibility index (Phi) is 5.37. The number of benzene rings is 1. The number of nitrogens with zero attached hydrogens (tertiary/aromatic N) is 1. The van der Waals surface area contributed by atoms with Gasteiger partial charge in [-0.15, -0.1) is 0 Å².